The Balaban J connectivity index is 2.02. The molecule has 0 N–H and O–H groups in total. The van der Waals surface area contributed by atoms with Crippen molar-refractivity contribution < 1.29 is 9.47 Å². The van der Waals surface area contributed by atoms with Gasteiger partial charge in [0.1, 0.15) is 0 Å². The van der Waals surface area contributed by atoms with Crippen molar-refractivity contribution in [1.82, 2.24) is 4.90 Å². The molecule has 1 aliphatic carbocycles. The van der Waals surface area contributed by atoms with Gasteiger partial charge in [0, 0.05) is 11.5 Å². The average molecular weight is 275 g/mol. The van der Waals surface area contributed by atoms with Gasteiger partial charge in [-0.25, -0.2) is 0 Å². The Labute approximate surface area is 121 Å². The van der Waals surface area contributed by atoms with E-state index in [4.69, 9.17) is 9.47 Å². The molecule has 1 aromatic carbocycles. The fourth-order valence-corrected chi connectivity index (χ4v) is 4.31. The van der Waals surface area contributed by atoms with Gasteiger partial charge in [-0.15, -0.1) is 0 Å². The van der Waals surface area contributed by atoms with Gasteiger partial charge in [-0.05, 0) is 50.6 Å². The van der Waals surface area contributed by atoms with Gasteiger partial charge in [-0.3, -0.25) is 0 Å². The van der Waals surface area contributed by atoms with E-state index in [2.05, 4.69) is 30.1 Å². The third kappa shape index (κ3) is 1.99. The van der Waals surface area contributed by atoms with Gasteiger partial charge >= 0.3 is 0 Å². The van der Waals surface area contributed by atoms with Crippen LogP contribution >= 0.6 is 0 Å². The first-order valence-corrected chi connectivity index (χ1v) is 7.64. The van der Waals surface area contributed by atoms with Crippen molar-refractivity contribution in [2.75, 3.05) is 27.8 Å². The Morgan fingerprint density at radius 2 is 1.90 bits per heavy atom. The molecule has 110 valence electrons. The van der Waals surface area contributed by atoms with Crippen LogP contribution in [0, 0.1) is 0 Å². The summed E-state index contributed by atoms with van der Waals surface area (Å²) < 4.78 is 10.9. The van der Waals surface area contributed by atoms with Crippen molar-refractivity contribution in [3.63, 3.8) is 0 Å². The Morgan fingerprint density at radius 1 is 1.10 bits per heavy atom. The second kappa shape index (κ2) is 5.28. The lowest BCUT2D eigenvalue weighted by molar-refractivity contribution is 0.181. The summed E-state index contributed by atoms with van der Waals surface area (Å²) in [4.78, 5) is 2.55. The maximum Gasteiger partial charge on any atom is 0.161 e. The number of hydrogen-bond acceptors (Lipinski definition) is 3. The number of benzene rings is 1. The number of nitrogens with zero attached hydrogens (tertiary/aromatic N) is 1. The zero-order chi connectivity index (χ0) is 14.2. The Kier molecular flexibility index (Phi) is 3.63. The SMILES string of the molecule is COc1ccc([C@@]23CCCCC2N(C)CC3)cc1OC. The van der Waals surface area contributed by atoms with Gasteiger partial charge in [-0.2, -0.15) is 0 Å². The van der Waals surface area contributed by atoms with Crippen molar-refractivity contribution >= 4 is 0 Å². The lowest BCUT2D eigenvalue weighted by Gasteiger charge is -2.42. The molecule has 0 aromatic heterocycles. The maximum absolute atomic E-state index is 5.50. The van der Waals surface area contributed by atoms with Crippen LogP contribution in [0.15, 0.2) is 18.2 Å². The van der Waals surface area contributed by atoms with Crippen molar-refractivity contribution in [1.29, 1.82) is 0 Å². The van der Waals surface area contributed by atoms with E-state index < -0.39 is 0 Å². The maximum atomic E-state index is 5.50. The number of methoxy groups -OCH3 is 2. The molecule has 1 saturated carbocycles. The molecular formula is C17H25NO2. The van der Waals surface area contributed by atoms with Gasteiger partial charge in [0.05, 0.1) is 14.2 Å². The van der Waals surface area contributed by atoms with Crippen molar-refractivity contribution in [2.24, 2.45) is 0 Å². The van der Waals surface area contributed by atoms with E-state index in [9.17, 15) is 0 Å². The molecule has 1 unspecified atom stereocenters. The zero-order valence-corrected chi connectivity index (χ0v) is 12.8. The summed E-state index contributed by atoms with van der Waals surface area (Å²) in [6.45, 7) is 1.21. The molecule has 0 spiro atoms. The van der Waals surface area contributed by atoms with E-state index in [1.165, 1.54) is 44.2 Å². The van der Waals surface area contributed by atoms with E-state index in [0.717, 1.165) is 11.5 Å². The first-order chi connectivity index (χ1) is 9.71. The van der Waals surface area contributed by atoms with Crippen molar-refractivity contribution in [3.8, 4) is 11.5 Å². The molecular weight excluding hydrogens is 250 g/mol. The Hall–Kier alpha value is -1.22. The molecule has 2 aliphatic rings. The minimum absolute atomic E-state index is 0.326. The first kappa shape index (κ1) is 13.7. The molecule has 0 radical (unpaired) electrons. The van der Waals surface area contributed by atoms with E-state index in [0.29, 0.717) is 11.5 Å². The van der Waals surface area contributed by atoms with Crippen LogP contribution in [0.3, 0.4) is 0 Å². The number of rotatable bonds is 3. The lowest BCUT2D eigenvalue weighted by atomic mass is 9.66. The summed E-state index contributed by atoms with van der Waals surface area (Å²) in [5, 5.41) is 0. The van der Waals surface area contributed by atoms with Crippen LogP contribution in [0.2, 0.25) is 0 Å². The fraction of sp³-hybridized carbons (Fsp3) is 0.647. The largest absolute Gasteiger partial charge is 0.493 e. The van der Waals surface area contributed by atoms with Crippen molar-refractivity contribution in [3.05, 3.63) is 23.8 Å². The zero-order valence-electron chi connectivity index (χ0n) is 12.8. The normalized spacial score (nSPS) is 30.1. The molecule has 0 amide bonds. The summed E-state index contributed by atoms with van der Waals surface area (Å²) in [5.41, 5.74) is 1.76. The third-order valence-corrected chi connectivity index (χ3v) is 5.39. The molecule has 2 atom stereocenters. The standard InChI is InChI=1S/C17H25NO2/c1-18-11-10-17(9-5-4-6-16(17)18)13-7-8-14(19-2)15(12-13)20-3/h7-8,12,16H,4-6,9-11H2,1-3H3/t16?,17-/m0/s1. The van der Waals surface area contributed by atoms with Crippen molar-refractivity contribution in [2.45, 2.75) is 43.6 Å². The summed E-state index contributed by atoms with van der Waals surface area (Å²) in [6, 6.07) is 7.21. The van der Waals surface area contributed by atoms with Crippen LogP contribution in [0.5, 0.6) is 11.5 Å². The molecule has 3 nitrogen and oxygen atoms in total. The summed E-state index contributed by atoms with van der Waals surface area (Å²) in [6.07, 6.45) is 6.61. The lowest BCUT2D eigenvalue weighted by Crippen LogP contribution is -2.43. The Morgan fingerprint density at radius 3 is 2.65 bits per heavy atom. The predicted molar refractivity (Wildman–Crippen MR) is 80.7 cm³/mol. The number of likely N-dealkylation sites (tertiary alicyclic amines) is 1. The number of likely N-dealkylation sites (N-methyl/N-ethyl adjacent to an activating group) is 1. The molecule has 1 aliphatic heterocycles. The summed E-state index contributed by atoms with van der Waals surface area (Å²) in [5.74, 6) is 1.68. The highest BCUT2D eigenvalue weighted by atomic mass is 16.5. The molecule has 3 heteroatoms. The van der Waals surface area contributed by atoms with Gasteiger partial charge in [0.15, 0.2) is 11.5 Å². The van der Waals surface area contributed by atoms with Crippen LogP contribution in [-0.4, -0.2) is 38.8 Å². The summed E-state index contributed by atoms with van der Waals surface area (Å²) >= 11 is 0. The fourth-order valence-electron chi connectivity index (χ4n) is 4.31. The number of ether oxygens (including phenoxy) is 2. The average Bonchev–Trinajstić information content (AvgIpc) is 2.85. The molecule has 1 aromatic rings. The number of hydrogen-bond donors (Lipinski definition) is 0. The Bertz CT molecular complexity index is 484. The van der Waals surface area contributed by atoms with E-state index in [-0.39, 0.29) is 0 Å². The smallest absolute Gasteiger partial charge is 0.161 e. The quantitative estimate of drug-likeness (QED) is 0.845. The molecule has 20 heavy (non-hydrogen) atoms. The van der Waals surface area contributed by atoms with Crippen LogP contribution in [0.25, 0.3) is 0 Å². The predicted octanol–water partition coefficient (Wildman–Crippen LogP) is 3.22. The summed E-state index contributed by atoms with van der Waals surface area (Å²) in [7, 11) is 5.69. The van der Waals surface area contributed by atoms with Gasteiger partial charge in [0.25, 0.3) is 0 Å². The molecule has 2 fully saturated rings. The van der Waals surface area contributed by atoms with Gasteiger partial charge in [-0.1, -0.05) is 18.9 Å². The first-order valence-electron chi connectivity index (χ1n) is 7.64. The number of fused-ring (bicyclic) bond motifs is 1. The van der Waals surface area contributed by atoms with Crippen LogP contribution in [0.1, 0.15) is 37.7 Å². The highest BCUT2D eigenvalue weighted by Gasteiger charge is 2.48. The van der Waals surface area contributed by atoms with E-state index in [1.54, 1.807) is 14.2 Å². The molecule has 1 saturated heterocycles. The topological polar surface area (TPSA) is 21.7 Å². The van der Waals surface area contributed by atoms with E-state index >= 15 is 0 Å². The van der Waals surface area contributed by atoms with Gasteiger partial charge in [0.2, 0.25) is 0 Å². The van der Waals surface area contributed by atoms with Crippen LogP contribution in [-0.2, 0) is 5.41 Å². The highest BCUT2D eigenvalue weighted by Crippen LogP contribution is 2.49. The van der Waals surface area contributed by atoms with Gasteiger partial charge < -0.3 is 14.4 Å². The monoisotopic (exact) mass is 275 g/mol. The van der Waals surface area contributed by atoms with Crippen LogP contribution < -0.4 is 9.47 Å². The highest BCUT2D eigenvalue weighted by molar-refractivity contribution is 5.46. The minimum atomic E-state index is 0.326. The second-order valence-corrected chi connectivity index (χ2v) is 6.22. The van der Waals surface area contributed by atoms with E-state index in [1.807, 2.05) is 0 Å². The minimum Gasteiger partial charge on any atom is -0.493 e. The molecule has 1 heterocycles. The molecule has 3 rings (SSSR count). The molecule has 0 bridgehead atoms. The van der Waals surface area contributed by atoms with Crippen LogP contribution in [0.4, 0.5) is 0 Å². The second-order valence-electron chi connectivity index (χ2n) is 6.22. The third-order valence-electron chi connectivity index (χ3n) is 5.39.